The highest BCUT2D eigenvalue weighted by atomic mass is 32.1. The maximum absolute atomic E-state index is 4.12. The molecule has 0 aliphatic rings. The summed E-state index contributed by atoms with van der Waals surface area (Å²) in [4.78, 5) is 4.12. The van der Waals surface area contributed by atoms with Crippen molar-refractivity contribution in [1.29, 1.82) is 0 Å². The predicted octanol–water partition coefficient (Wildman–Crippen LogP) is 4.78. The van der Waals surface area contributed by atoms with Gasteiger partial charge in [0, 0.05) is 17.3 Å². The molecule has 0 aliphatic heterocycles. The highest BCUT2D eigenvalue weighted by molar-refractivity contribution is 7.13. The molecule has 0 saturated heterocycles. The van der Waals surface area contributed by atoms with Gasteiger partial charge in [-0.3, -0.25) is 0 Å². The quantitative estimate of drug-likeness (QED) is 0.758. The first kappa shape index (κ1) is 15.4. The van der Waals surface area contributed by atoms with Crippen molar-refractivity contribution in [3.8, 4) is 0 Å². The van der Waals surface area contributed by atoms with Crippen molar-refractivity contribution in [3.05, 3.63) is 60.3 Å². The van der Waals surface area contributed by atoms with E-state index in [0.717, 1.165) is 16.4 Å². The van der Waals surface area contributed by atoms with Crippen molar-refractivity contribution in [2.24, 2.45) is 0 Å². The molecule has 1 rings (SSSR count). The Kier molecular flexibility index (Phi) is 8.69. The van der Waals surface area contributed by atoms with Crippen LogP contribution in [-0.4, -0.2) is 4.98 Å². The van der Waals surface area contributed by atoms with Gasteiger partial charge >= 0.3 is 0 Å². The largest absolute Gasteiger partial charge is 0.332 e. The zero-order valence-electron chi connectivity index (χ0n) is 10.7. The Balaban J connectivity index is 0.00000121. The van der Waals surface area contributed by atoms with Crippen LogP contribution in [-0.2, 0) is 0 Å². The monoisotopic (exact) mass is 248 g/mol. The highest BCUT2D eigenvalue weighted by Gasteiger charge is 1.99. The molecular formula is C14H20N2S. The van der Waals surface area contributed by atoms with Crippen molar-refractivity contribution in [2.45, 2.75) is 20.8 Å². The van der Waals surface area contributed by atoms with Gasteiger partial charge in [-0.1, -0.05) is 51.3 Å². The van der Waals surface area contributed by atoms with Gasteiger partial charge in [0.1, 0.15) is 0 Å². The van der Waals surface area contributed by atoms with Gasteiger partial charge in [-0.05, 0) is 12.5 Å². The molecule has 0 radical (unpaired) electrons. The van der Waals surface area contributed by atoms with Crippen molar-refractivity contribution >= 4 is 16.5 Å². The molecule has 1 aromatic heterocycles. The van der Waals surface area contributed by atoms with E-state index in [-0.39, 0.29) is 0 Å². The van der Waals surface area contributed by atoms with Crippen molar-refractivity contribution in [3.63, 3.8) is 0 Å². The highest BCUT2D eigenvalue weighted by Crippen LogP contribution is 2.17. The molecule has 0 atom stereocenters. The third kappa shape index (κ3) is 5.88. The lowest BCUT2D eigenvalue weighted by molar-refractivity contribution is 1.34. The Labute approximate surface area is 108 Å². The molecule has 0 aromatic carbocycles. The van der Waals surface area contributed by atoms with Gasteiger partial charge in [-0.2, -0.15) is 0 Å². The summed E-state index contributed by atoms with van der Waals surface area (Å²) in [6.07, 6.45) is 9.38. The number of thiazole rings is 1. The van der Waals surface area contributed by atoms with Gasteiger partial charge in [0.25, 0.3) is 0 Å². The molecule has 1 heterocycles. The maximum atomic E-state index is 4.12. The summed E-state index contributed by atoms with van der Waals surface area (Å²) in [7, 11) is 0. The second-order valence-electron chi connectivity index (χ2n) is 2.79. The number of anilines is 1. The minimum atomic E-state index is 0.804. The Morgan fingerprint density at radius 3 is 2.65 bits per heavy atom. The van der Waals surface area contributed by atoms with Crippen LogP contribution in [0, 0.1) is 0 Å². The third-order valence-electron chi connectivity index (χ3n) is 1.73. The van der Waals surface area contributed by atoms with Gasteiger partial charge in [0.2, 0.25) is 0 Å². The molecule has 92 valence electrons. The van der Waals surface area contributed by atoms with Gasteiger partial charge in [0.15, 0.2) is 5.13 Å². The first-order valence-electron chi connectivity index (χ1n) is 5.59. The van der Waals surface area contributed by atoms with Crippen molar-refractivity contribution in [1.82, 2.24) is 4.98 Å². The molecule has 1 N–H and O–H groups in total. The van der Waals surface area contributed by atoms with Gasteiger partial charge in [-0.25, -0.2) is 4.98 Å². The van der Waals surface area contributed by atoms with E-state index in [4.69, 9.17) is 0 Å². The first-order valence-corrected chi connectivity index (χ1v) is 6.47. The molecule has 0 saturated carbocycles. The molecule has 0 spiro atoms. The molecular weight excluding hydrogens is 228 g/mol. The maximum Gasteiger partial charge on any atom is 0.187 e. The molecule has 3 heteroatoms. The smallest absolute Gasteiger partial charge is 0.187 e. The standard InChI is InChI=1S/C12H14N2S.C2H6/c1-4-6-7-11(5-2)10(3)14-12-13-8-9-15-12;1-2/h4-9H,2-3H2,1H3,(H,13,14);1-2H3/b6-4-,11-7+;. The Hall–Kier alpha value is -1.61. The number of nitrogens with one attached hydrogen (secondary N) is 1. The fourth-order valence-corrected chi connectivity index (χ4v) is 1.53. The lowest BCUT2D eigenvalue weighted by Gasteiger charge is -2.06. The van der Waals surface area contributed by atoms with E-state index in [1.54, 1.807) is 23.6 Å². The summed E-state index contributed by atoms with van der Waals surface area (Å²) in [5.41, 5.74) is 1.77. The van der Waals surface area contributed by atoms with E-state index in [1.807, 2.05) is 44.4 Å². The van der Waals surface area contributed by atoms with E-state index in [2.05, 4.69) is 23.5 Å². The normalized spacial score (nSPS) is 10.6. The zero-order chi connectivity index (χ0) is 13.1. The predicted molar refractivity (Wildman–Crippen MR) is 79.3 cm³/mol. The number of allylic oxidation sites excluding steroid dienone is 4. The summed E-state index contributed by atoms with van der Waals surface area (Å²) in [6, 6.07) is 0. The topological polar surface area (TPSA) is 24.9 Å². The second kappa shape index (κ2) is 9.60. The average Bonchev–Trinajstić information content (AvgIpc) is 2.85. The van der Waals surface area contributed by atoms with Crippen molar-refractivity contribution < 1.29 is 0 Å². The lowest BCUT2D eigenvalue weighted by Crippen LogP contribution is -1.98. The van der Waals surface area contributed by atoms with Crippen LogP contribution in [0.25, 0.3) is 0 Å². The summed E-state index contributed by atoms with van der Waals surface area (Å²) < 4.78 is 0. The second-order valence-corrected chi connectivity index (χ2v) is 3.69. The molecule has 2 nitrogen and oxygen atoms in total. The Morgan fingerprint density at radius 2 is 2.18 bits per heavy atom. The van der Waals surface area contributed by atoms with Gasteiger partial charge in [0.05, 0.1) is 0 Å². The van der Waals surface area contributed by atoms with Crippen LogP contribution < -0.4 is 5.32 Å². The summed E-state index contributed by atoms with van der Waals surface area (Å²) in [6.45, 7) is 13.6. The molecule has 17 heavy (non-hydrogen) atoms. The van der Waals surface area contributed by atoms with E-state index >= 15 is 0 Å². The number of nitrogens with zero attached hydrogens (tertiary/aromatic N) is 1. The van der Waals surface area contributed by atoms with Gasteiger partial charge < -0.3 is 5.32 Å². The summed E-state index contributed by atoms with van der Waals surface area (Å²) >= 11 is 1.54. The fraction of sp³-hybridized carbons (Fsp3) is 0.214. The van der Waals surface area contributed by atoms with E-state index in [0.29, 0.717) is 0 Å². The summed E-state index contributed by atoms with van der Waals surface area (Å²) in [5.74, 6) is 0. The molecule has 1 aromatic rings. The SMILES string of the molecule is C=C/C(=C\C=C/C)C(=C)Nc1nccs1.CC. The number of hydrogen-bond acceptors (Lipinski definition) is 3. The molecule has 0 fully saturated rings. The zero-order valence-corrected chi connectivity index (χ0v) is 11.6. The molecule has 0 unspecified atom stereocenters. The van der Waals surface area contributed by atoms with Crippen LogP contribution in [0.2, 0.25) is 0 Å². The fourth-order valence-electron chi connectivity index (χ4n) is 0.978. The first-order chi connectivity index (χ1) is 8.27. The van der Waals surface area contributed by atoms with Crippen LogP contribution >= 0.6 is 11.3 Å². The lowest BCUT2D eigenvalue weighted by atomic mass is 10.2. The van der Waals surface area contributed by atoms with E-state index in [1.165, 1.54) is 0 Å². The van der Waals surface area contributed by atoms with Crippen LogP contribution in [0.5, 0.6) is 0 Å². The third-order valence-corrected chi connectivity index (χ3v) is 2.42. The Bertz CT molecular complexity index is 386. The Morgan fingerprint density at radius 1 is 1.47 bits per heavy atom. The van der Waals surface area contributed by atoms with Crippen LogP contribution in [0.4, 0.5) is 5.13 Å². The molecule has 0 amide bonds. The number of aromatic nitrogens is 1. The number of rotatable bonds is 5. The molecule has 0 aliphatic carbocycles. The molecule has 0 bridgehead atoms. The van der Waals surface area contributed by atoms with E-state index in [9.17, 15) is 0 Å². The van der Waals surface area contributed by atoms with Crippen molar-refractivity contribution in [2.75, 3.05) is 5.32 Å². The minimum Gasteiger partial charge on any atom is -0.332 e. The van der Waals surface area contributed by atoms with Crippen LogP contribution in [0.3, 0.4) is 0 Å². The summed E-state index contributed by atoms with van der Waals surface area (Å²) in [5, 5.41) is 5.88. The minimum absolute atomic E-state index is 0.804. The van der Waals surface area contributed by atoms with Crippen LogP contribution in [0.15, 0.2) is 60.3 Å². The van der Waals surface area contributed by atoms with E-state index < -0.39 is 0 Å². The van der Waals surface area contributed by atoms with Gasteiger partial charge in [-0.15, -0.1) is 11.3 Å². The van der Waals surface area contributed by atoms with Crippen LogP contribution in [0.1, 0.15) is 20.8 Å². The number of hydrogen-bond donors (Lipinski definition) is 1. The average molecular weight is 248 g/mol.